The second kappa shape index (κ2) is 7.84. The van der Waals surface area contributed by atoms with Gasteiger partial charge in [-0.15, -0.1) is 0 Å². The molecule has 0 radical (unpaired) electrons. The first kappa shape index (κ1) is 13.5. The highest BCUT2D eigenvalue weighted by Gasteiger charge is 2.19. The molecule has 0 amide bonds. The molecule has 0 aromatic carbocycles. The summed E-state index contributed by atoms with van der Waals surface area (Å²) >= 11 is 0. The van der Waals surface area contributed by atoms with E-state index in [9.17, 15) is 4.79 Å². The lowest BCUT2D eigenvalue weighted by Crippen LogP contribution is -2.16. The highest BCUT2D eigenvalue weighted by molar-refractivity contribution is 5.69. The fraction of sp³-hybridized carbons (Fsp3) is 0.917. The van der Waals surface area contributed by atoms with Gasteiger partial charge in [-0.2, -0.15) is 0 Å². The van der Waals surface area contributed by atoms with Crippen LogP contribution in [0.2, 0.25) is 0 Å². The zero-order chi connectivity index (χ0) is 11.0. The van der Waals surface area contributed by atoms with Crippen molar-refractivity contribution < 1.29 is 9.90 Å². The fourth-order valence-corrected chi connectivity index (χ4v) is 2.02. The maximum absolute atomic E-state index is 10.6. The van der Waals surface area contributed by atoms with E-state index in [2.05, 4.69) is 0 Å². The molecule has 14 heavy (non-hydrogen) atoms. The van der Waals surface area contributed by atoms with Crippen LogP contribution < -0.4 is 0 Å². The zero-order valence-electron chi connectivity index (χ0n) is 9.75. The number of hydrogen-bond acceptors (Lipinski definition) is 1. The molecular formula is C12H24O2. The lowest BCUT2D eigenvalue weighted by Gasteiger charge is -2.22. The molecule has 0 aliphatic heterocycles. The number of carboxylic acids is 1. The SMILES string of the molecule is CC.CC(CC1CCCCC1)C(=O)O. The highest BCUT2D eigenvalue weighted by atomic mass is 16.4. The standard InChI is InChI=1S/C10H18O2.C2H6/c1-8(10(11)12)7-9-5-3-2-4-6-9;1-2/h8-9H,2-7H2,1H3,(H,11,12);1-2H3. The van der Waals surface area contributed by atoms with Gasteiger partial charge in [0.2, 0.25) is 0 Å². The molecule has 0 aromatic heterocycles. The Morgan fingerprint density at radius 2 is 1.79 bits per heavy atom. The summed E-state index contributed by atoms with van der Waals surface area (Å²) in [5, 5.41) is 8.71. The maximum Gasteiger partial charge on any atom is 0.306 e. The van der Waals surface area contributed by atoms with Crippen LogP contribution in [0.15, 0.2) is 0 Å². The van der Waals surface area contributed by atoms with Crippen molar-refractivity contribution in [2.24, 2.45) is 11.8 Å². The summed E-state index contributed by atoms with van der Waals surface area (Å²) in [7, 11) is 0. The molecule has 1 unspecified atom stereocenters. The van der Waals surface area contributed by atoms with E-state index in [1.165, 1.54) is 32.1 Å². The molecule has 1 atom stereocenters. The van der Waals surface area contributed by atoms with Crippen LogP contribution in [0.3, 0.4) is 0 Å². The van der Waals surface area contributed by atoms with Crippen molar-refractivity contribution in [3.63, 3.8) is 0 Å². The van der Waals surface area contributed by atoms with E-state index in [1.807, 2.05) is 20.8 Å². The molecule has 1 N–H and O–H groups in total. The Hall–Kier alpha value is -0.530. The summed E-state index contributed by atoms with van der Waals surface area (Å²) in [5.74, 6) is -0.0986. The van der Waals surface area contributed by atoms with Gasteiger partial charge in [-0.1, -0.05) is 52.9 Å². The van der Waals surface area contributed by atoms with Crippen molar-refractivity contribution in [2.75, 3.05) is 0 Å². The first-order valence-electron chi connectivity index (χ1n) is 5.93. The van der Waals surface area contributed by atoms with Crippen LogP contribution in [-0.2, 0) is 4.79 Å². The molecule has 1 aliphatic carbocycles. The molecule has 1 aliphatic rings. The smallest absolute Gasteiger partial charge is 0.306 e. The maximum atomic E-state index is 10.6. The van der Waals surface area contributed by atoms with Gasteiger partial charge in [0, 0.05) is 0 Å². The number of carboxylic acid groups (broad SMARTS) is 1. The second-order valence-corrected chi connectivity index (χ2v) is 3.98. The van der Waals surface area contributed by atoms with E-state index < -0.39 is 5.97 Å². The molecule has 0 spiro atoms. The fourth-order valence-electron chi connectivity index (χ4n) is 2.02. The molecule has 0 heterocycles. The third kappa shape index (κ3) is 5.25. The van der Waals surface area contributed by atoms with E-state index >= 15 is 0 Å². The van der Waals surface area contributed by atoms with Crippen molar-refractivity contribution in [3.05, 3.63) is 0 Å². The van der Waals surface area contributed by atoms with Gasteiger partial charge < -0.3 is 5.11 Å². The van der Waals surface area contributed by atoms with Crippen LogP contribution in [0.25, 0.3) is 0 Å². The Kier molecular flexibility index (Phi) is 7.54. The number of rotatable bonds is 3. The molecule has 0 bridgehead atoms. The molecule has 1 saturated carbocycles. The van der Waals surface area contributed by atoms with Crippen LogP contribution in [0.5, 0.6) is 0 Å². The van der Waals surface area contributed by atoms with Crippen LogP contribution in [0.4, 0.5) is 0 Å². The minimum Gasteiger partial charge on any atom is -0.481 e. The summed E-state index contributed by atoms with van der Waals surface area (Å²) in [6, 6.07) is 0. The molecule has 1 rings (SSSR count). The van der Waals surface area contributed by atoms with E-state index in [-0.39, 0.29) is 5.92 Å². The number of hydrogen-bond donors (Lipinski definition) is 1. The molecule has 84 valence electrons. The van der Waals surface area contributed by atoms with Gasteiger partial charge in [0.1, 0.15) is 0 Å². The average molecular weight is 200 g/mol. The average Bonchev–Trinajstić information content (AvgIpc) is 2.22. The van der Waals surface area contributed by atoms with Crippen molar-refractivity contribution in [2.45, 2.75) is 59.3 Å². The summed E-state index contributed by atoms with van der Waals surface area (Å²) in [6.45, 7) is 5.82. The van der Waals surface area contributed by atoms with Gasteiger partial charge in [-0.3, -0.25) is 4.79 Å². The predicted molar refractivity (Wildman–Crippen MR) is 59.3 cm³/mol. The van der Waals surface area contributed by atoms with E-state index in [0.29, 0.717) is 5.92 Å². The van der Waals surface area contributed by atoms with E-state index in [4.69, 9.17) is 5.11 Å². The quantitative estimate of drug-likeness (QED) is 0.754. The summed E-state index contributed by atoms with van der Waals surface area (Å²) in [6.07, 6.45) is 7.33. The van der Waals surface area contributed by atoms with E-state index in [0.717, 1.165) is 6.42 Å². The van der Waals surface area contributed by atoms with Crippen LogP contribution in [0.1, 0.15) is 59.3 Å². The molecule has 1 fully saturated rings. The summed E-state index contributed by atoms with van der Waals surface area (Å²) in [5.41, 5.74) is 0. The Morgan fingerprint density at radius 1 is 1.29 bits per heavy atom. The zero-order valence-corrected chi connectivity index (χ0v) is 9.75. The van der Waals surface area contributed by atoms with Crippen molar-refractivity contribution in [3.8, 4) is 0 Å². The van der Waals surface area contributed by atoms with Gasteiger partial charge in [0.15, 0.2) is 0 Å². The largest absolute Gasteiger partial charge is 0.481 e. The third-order valence-corrected chi connectivity index (χ3v) is 2.83. The van der Waals surface area contributed by atoms with Gasteiger partial charge >= 0.3 is 5.97 Å². The predicted octanol–water partition coefficient (Wildman–Crippen LogP) is 3.70. The number of carbonyl (C=O) groups is 1. The lowest BCUT2D eigenvalue weighted by molar-refractivity contribution is -0.141. The minimum absolute atomic E-state index is 0.145. The lowest BCUT2D eigenvalue weighted by atomic mass is 9.83. The van der Waals surface area contributed by atoms with Gasteiger partial charge in [-0.25, -0.2) is 0 Å². The summed E-state index contributed by atoms with van der Waals surface area (Å²) < 4.78 is 0. The molecule has 0 saturated heterocycles. The third-order valence-electron chi connectivity index (χ3n) is 2.83. The Bertz CT molecular complexity index is 148. The first-order chi connectivity index (χ1) is 6.70. The van der Waals surface area contributed by atoms with Crippen LogP contribution in [-0.4, -0.2) is 11.1 Å². The van der Waals surface area contributed by atoms with Crippen LogP contribution in [0, 0.1) is 11.8 Å². The summed E-state index contributed by atoms with van der Waals surface area (Å²) in [4.78, 5) is 10.6. The van der Waals surface area contributed by atoms with Crippen LogP contribution >= 0.6 is 0 Å². The monoisotopic (exact) mass is 200 g/mol. The first-order valence-corrected chi connectivity index (χ1v) is 5.93. The van der Waals surface area contributed by atoms with Crippen molar-refractivity contribution in [1.82, 2.24) is 0 Å². The van der Waals surface area contributed by atoms with Gasteiger partial charge in [0.25, 0.3) is 0 Å². The second-order valence-electron chi connectivity index (χ2n) is 3.98. The topological polar surface area (TPSA) is 37.3 Å². The van der Waals surface area contributed by atoms with Gasteiger partial charge in [-0.05, 0) is 12.3 Å². The molecular weight excluding hydrogens is 176 g/mol. The Morgan fingerprint density at radius 3 is 2.21 bits per heavy atom. The molecule has 2 nitrogen and oxygen atoms in total. The van der Waals surface area contributed by atoms with E-state index in [1.54, 1.807) is 0 Å². The Labute approximate surface area is 87.7 Å². The van der Waals surface area contributed by atoms with Gasteiger partial charge in [0.05, 0.1) is 5.92 Å². The minimum atomic E-state index is -0.638. The number of aliphatic carboxylic acids is 1. The van der Waals surface area contributed by atoms with Crippen molar-refractivity contribution in [1.29, 1.82) is 0 Å². The molecule has 2 heteroatoms. The Balaban J connectivity index is 0.000000791. The normalized spacial score (nSPS) is 19.4. The molecule has 0 aromatic rings. The van der Waals surface area contributed by atoms with Crippen molar-refractivity contribution >= 4 is 5.97 Å². The highest BCUT2D eigenvalue weighted by Crippen LogP contribution is 2.28.